The topological polar surface area (TPSA) is 36.9 Å². The zero-order valence-electron chi connectivity index (χ0n) is 16.8. The van der Waals surface area contributed by atoms with Gasteiger partial charge in [0, 0.05) is 32.1 Å². The maximum atomic E-state index is 5.99. The van der Waals surface area contributed by atoms with Gasteiger partial charge in [0.2, 0.25) is 0 Å². The highest BCUT2D eigenvalue weighted by Gasteiger charge is 2.48. The first-order valence-corrected chi connectivity index (χ1v) is 10.9. The molecule has 1 saturated heterocycles. The van der Waals surface area contributed by atoms with Crippen molar-refractivity contribution in [1.82, 2.24) is 10.2 Å². The van der Waals surface area contributed by atoms with Crippen LogP contribution >= 0.6 is 0 Å². The second kappa shape index (κ2) is 8.64. The molecule has 2 aliphatic carbocycles. The minimum atomic E-state index is 0.554. The number of nitrogens with zero attached hydrogens (tertiary/aromatic N) is 2. The van der Waals surface area contributed by atoms with Gasteiger partial charge in [-0.25, -0.2) is 0 Å². The molecule has 1 atom stereocenters. The predicted octanol–water partition coefficient (Wildman–Crippen LogP) is 4.07. The molecule has 27 heavy (non-hydrogen) atoms. The summed E-state index contributed by atoms with van der Waals surface area (Å²) >= 11 is 0. The van der Waals surface area contributed by atoms with Crippen LogP contribution in [-0.2, 0) is 11.3 Å². The van der Waals surface area contributed by atoms with Crippen molar-refractivity contribution in [3.05, 3.63) is 35.9 Å². The number of hydrogen-bond acceptors (Lipinski definition) is 2. The second-order valence-corrected chi connectivity index (χ2v) is 8.76. The van der Waals surface area contributed by atoms with Gasteiger partial charge in [-0.3, -0.25) is 4.99 Å². The Balaban J connectivity index is 1.26. The number of rotatable bonds is 8. The van der Waals surface area contributed by atoms with Gasteiger partial charge in [-0.15, -0.1) is 0 Å². The van der Waals surface area contributed by atoms with Gasteiger partial charge >= 0.3 is 0 Å². The van der Waals surface area contributed by atoms with Gasteiger partial charge in [-0.1, -0.05) is 36.8 Å². The summed E-state index contributed by atoms with van der Waals surface area (Å²) < 4.78 is 5.99. The molecule has 1 heterocycles. The summed E-state index contributed by atoms with van der Waals surface area (Å²) in [6.45, 7) is 7.88. The Kier molecular flexibility index (Phi) is 6.01. The van der Waals surface area contributed by atoms with E-state index in [2.05, 4.69) is 47.5 Å². The van der Waals surface area contributed by atoms with E-state index in [1.54, 1.807) is 0 Å². The van der Waals surface area contributed by atoms with Crippen LogP contribution in [-0.4, -0.2) is 43.6 Å². The van der Waals surface area contributed by atoms with Crippen LogP contribution < -0.4 is 5.32 Å². The van der Waals surface area contributed by atoms with Crippen LogP contribution in [0.5, 0.6) is 0 Å². The maximum absolute atomic E-state index is 5.99. The van der Waals surface area contributed by atoms with Crippen molar-refractivity contribution in [2.24, 2.45) is 22.2 Å². The summed E-state index contributed by atoms with van der Waals surface area (Å²) in [4.78, 5) is 7.56. The van der Waals surface area contributed by atoms with E-state index >= 15 is 0 Å². The van der Waals surface area contributed by atoms with Gasteiger partial charge in [0.1, 0.15) is 0 Å². The lowest BCUT2D eigenvalue weighted by molar-refractivity contribution is 0.0905. The fourth-order valence-electron chi connectivity index (χ4n) is 4.76. The Labute approximate surface area is 164 Å². The van der Waals surface area contributed by atoms with Crippen LogP contribution in [0.3, 0.4) is 0 Å². The molecule has 3 aliphatic rings. The van der Waals surface area contributed by atoms with Gasteiger partial charge < -0.3 is 15.0 Å². The highest BCUT2D eigenvalue weighted by atomic mass is 16.5. The molecule has 1 N–H and O–H groups in total. The first-order chi connectivity index (χ1) is 13.3. The molecule has 3 fully saturated rings. The smallest absolute Gasteiger partial charge is 0.193 e. The summed E-state index contributed by atoms with van der Waals surface area (Å²) in [6, 6.07) is 10.5. The summed E-state index contributed by atoms with van der Waals surface area (Å²) in [5.41, 5.74) is 1.81. The van der Waals surface area contributed by atoms with Crippen molar-refractivity contribution in [3.63, 3.8) is 0 Å². The molecule has 2 saturated carbocycles. The summed E-state index contributed by atoms with van der Waals surface area (Å²) in [5, 5.41) is 3.54. The predicted molar refractivity (Wildman–Crippen MR) is 111 cm³/mol. The van der Waals surface area contributed by atoms with E-state index in [0.29, 0.717) is 11.3 Å². The van der Waals surface area contributed by atoms with E-state index in [4.69, 9.17) is 9.73 Å². The van der Waals surface area contributed by atoms with Gasteiger partial charge in [0.25, 0.3) is 0 Å². The molecule has 148 valence electrons. The van der Waals surface area contributed by atoms with Crippen LogP contribution in [0, 0.1) is 17.3 Å². The van der Waals surface area contributed by atoms with Crippen molar-refractivity contribution in [2.45, 2.75) is 52.1 Å². The van der Waals surface area contributed by atoms with Crippen LogP contribution in [0.25, 0.3) is 0 Å². The van der Waals surface area contributed by atoms with Gasteiger partial charge in [-0.2, -0.15) is 0 Å². The third-order valence-corrected chi connectivity index (χ3v) is 6.72. The van der Waals surface area contributed by atoms with E-state index in [1.165, 1.54) is 44.1 Å². The second-order valence-electron chi connectivity index (χ2n) is 8.76. The normalized spacial score (nSPS) is 24.7. The van der Waals surface area contributed by atoms with E-state index < -0.39 is 0 Å². The Bertz CT molecular complexity index is 622. The molecular weight excluding hydrogens is 334 g/mol. The third-order valence-electron chi connectivity index (χ3n) is 6.72. The van der Waals surface area contributed by atoms with E-state index in [0.717, 1.165) is 51.3 Å². The van der Waals surface area contributed by atoms with Gasteiger partial charge in [0.15, 0.2) is 5.96 Å². The minimum absolute atomic E-state index is 0.554. The molecule has 4 heteroatoms. The number of aliphatic imine (C=N–C) groups is 1. The van der Waals surface area contributed by atoms with Crippen LogP contribution in [0.4, 0.5) is 0 Å². The van der Waals surface area contributed by atoms with Crippen molar-refractivity contribution < 1.29 is 4.74 Å². The molecule has 4 rings (SSSR count). The quantitative estimate of drug-likeness (QED) is 0.554. The van der Waals surface area contributed by atoms with Crippen molar-refractivity contribution in [3.8, 4) is 0 Å². The molecule has 4 nitrogen and oxygen atoms in total. The lowest BCUT2D eigenvalue weighted by Gasteiger charge is -2.41. The molecular formula is C23H35N3O. The number of ether oxygens (including phenoxy) is 1. The number of likely N-dealkylation sites (tertiary alicyclic amines) is 1. The van der Waals surface area contributed by atoms with Crippen LogP contribution in [0.1, 0.15) is 51.0 Å². The SMILES string of the molecule is CCNC(=NCC1(C2CC2)CCC1)N1CCC(COCc2ccccc2)C1. The summed E-state index contributed by atoms with van der Waals surface area (Å²) in [6.07, 6.45) is 8.29. The summed E-state index contributed by atoms with van der Waals surface area (Å²) in [7, 11) is 0. The first kappa shape index (κ1) is 18.8. The lowest BCUT2D eigenvalue weighted by Crippen LogP contribution is -2.42. The summed E-state index contributed by atoms with van der Waals surface area (Å²) in [5.74, 6) is 2.71. The molecule has 1 aliphatic heterocycles. The van der Waals surface area contributed by atoms with Gasteiger partial charge in [-0.05, 0) is 55.9 Å². The highest BCUT2D eigenvalue weighted by Crippen LogP contribution is 2.57. The van der Waals surface area contributed by atoms with Crippen molar-refractivity contribution >= 4 is 5.96 Å². The molecule has 0 radical (unpaired) electrons. The number of nitrogens with one attached hydrogen (secondary N) is 1. The molecule has 1 aromatic rings. The van der Waals surface area contributed by atoms with Crippen molar-refractivity contribution in [1.29, 1.82) is 0 Å². The fourth-order valence-corrected chi connectivity index (χ4v) is 4.76. The van der Waals surface area contributed by atoms with E-state index in [9.17, 15) is 0 Å². The van der Waals surface area contributed by atoms with E-state index in [1.807, 2.05) is 0 Å². The molecule has 0 amide bonds. The molecule has 0 bridgehead atoms. The average molecular weight is 370 g/mol. The molecule has 1 aromatic carbocycles. The molecule has 0 spiro atoms. The number of benzene rings is 1. The largest absolute Gasteiger partial charge is 0.376 e. The Morgan fingerprint density at radius 3 is 2.70 bits per heavy atom. The third kappa shape index (κ3) is 4.66. The molecule has 1 unspecified atom stereocenters. The standard InChI is InChI=1S/C23H35N3O/c1-2-24-22(25-18-23(12-6-13-23)21-9-10-21)26-14-11-20(15-26)17-27-16-19-7-4-3-5-8-19/h3-5,7-8,20-21H,2,6,9-18H2,1H3,(H,24,25). The zero-order valence-corrected chi connectivity index (χ0v) is 16.8. The monoisotopic (exact) mass is 369 g/mol. The van der Waals surface area contributed by atoms with E-state index in [-0.39, 0.29) is 0 Å². The lowest BCUT2D eigenvalue weighted by atomic mass is 9.65. The Morgan fingerprint density at radius 2 is 2.04 bits per heavy atom. The van der Waals surface area contributed by atoms with Crippen LogP contribution in [0.15, 0.2) is 35.3 Å². The average Bonchev–Trinajstić information content (AvgIpc) is 3.39. The Hall–Kier alpha value is -1.55. The van der Waals surface area contributed by atoms with Gasteiger partial charge in [0.05, 0.1) is 13.2 Å². The first-order valence-electron chi connectivity index (χ1n) is 10.9. The Morgan fingerprint density at radius 1 is 1.22 bits per heavy atom. The highest BCUT2D eigenvalue weighted by molar-refractivity contribution is 5.80. The fraction of sp³-hybridized carbons (Fsp3) is 0.696. The zero-order chi connectivity index (χ0) is 18.5. The number of guanidine groups is 1. The number of hydrogen-bond donors (Lipinski definition) is 1. The van der Waals surface area contributed by atoms with Crippen molar-refractivity contribution in [2.75, 3.05) is 32.8 Å². The minimum Gasteiger partial charge on any atom is -0.376 e. The van der Waals surface area contributed by atoms with Crippen LogP contribution in [0.2, 0.25) is 0 Å². The maximum Gasteiger partial charge on any atom is 0.193 e. The molecule has 0 aromatic heterocycles.